The zero-order chi connectivity index (χ0) is 42.5. The van der Waals surface area contributed by atoms with Gasteiger partial charge in [-0.25, -0.2) is 0 Å². The molecule has 0 fully saturated rings. The number of benzene rings is 8. The third-order valence-corrected chi connectivity index (χ3v) is 14.2. The topological polar surface area (TPSA) is 3.24 Å². The molecule has 4 aliphatic rings. The Labute approximate surface area is 377 Å². The lowest BCUT2D eigenvalue weighted by molar-refractivity contribution is 0.556. The minimum atomic E-state index is -0.0684. The second kappa shape index (κ2) is 16.0. The van der Waals surface area contributed by atoms with Gasteiger partial charge in [-0.3, -0.25) is 0 Å². The average molecular weight is 820 g/mol. The Morgan fingerprint density at radius 1 is 0.469 bits per heavy atom. The van der Waals surface area contributed by atoms with Crippen LogP contribution >= 0.6 is 0 Å². The minimum absolute atomic E-state index is 0.0684. The maximum atomic E-state index is 2.55. The summed E-state index contributed by atoms with van der Waals surface area (Å²) in [5.74, 6) is 0. The van der Waals surface area contributed by atoms with Gasteiger partial charge in [0.15, 0.2) is 0 Å². The van der Waals surface area contributed by atoms with Gasteiger partial charge in [0.05, 0.1) is 6.04 Å². The van der Waals surface area contributed by atoms with E-state index in [0.717, 1.165) is 25.7 Å². The van der Waals surface area contributed by atoms with Crippen molar-refractivity contribution in [3.63, 3.8) is 0 Å². The number of nitrogens with zero attached hydrogens (tertiary/aromatic N) is 1. The molecule has 12 rings (SSSR count). The van der Waals surface area contributed by atoms with Crippen molar-refractivity contribution in [3.8, 4) is 44.5 Å². The van der Waals surface area contributed by atoms with Crippen molar-refractivity contribution in [2.45, 2.75) is 43.6 Å². The lowest BCUT2D eigenvalue weighted by Crippen LogP contribution is -2.30. The SMILES string of the molecule is C1=CCC(N(c2ccccc2)c2ccc3c(c2)C2(CC4=C(CCC=C4)C2)c2cc(/C=C/c4ccc(-c5ccc6cc(-c7ccccc7)c(-c7ccccc7)cc6c5)cc4)ccc2-3)C=C1. The molecule has 0 saturated heterocycles. The predicted octanol–water partition coefficient (Wildman–Crippen LogP) is 16.7. The maximum absolute atomic E-state index is 2.55. The molecule has 306 valence electrons. The van der Waals surface area contributed by atoms with Gasteiger partial charge in [-0.15, -0.1) is 0 Å². The summed E-state index contributed by atoms with van der Waals surface area (Å²) in [5, 5.41) is 2.49. The van der Waals surface area contributed by atoms with Crippen molar-refractivity contribution < 1.29 is 0 Å². The average Bonchev–Trinajstić information content (AvgIpc) is 3.89. The van der Waals surface area contributed by atoms with E-state index in [2.05, 4.69) is 235 Å². The summed E-state index contributed by atoms with van der Waals surface area (Å²) in [6.45, 7) is 0. The standard InChI is InChI=1S/C63H49N/c1-5-15-47(16-6-1)59-39-50-33-32-49(38-53(50)40-60(59)48-17-7-2-8-18-48)46-30-27-44(28-31-46)25-26-45-29-35-57-58-36-34-56(64(54-21-9-3-10-22-54)55-23-11-4-12-24-55)41-62(58)63(61(57)37-45)42-51-19-13-14-20-52(51)43-63/h1-13,15-19,21-23,25-41,55H,14,20,24,42-43H2/b26-25+. The molecule has 0 bridgehead atoms. The molecule has 0 heterocycles. The van der Waals surface area contributed by atoms with Crippen LogP contribution in [0.4, 0.5) is 11.4 Å². The van der Waals surface area contributed by atoms with E-state index in [-0.39, 0.29) is 11.5 Å². The van der Waals surface area contributed by atoms with E-state index in [1.807, 2.05) is 0 Å². The van der Waals surface area contributed by atoms with Crippen LogP contribution in [0.3, 0.4) is 0 Å². The van der Waals surface area contributed by atoms with E-state index in [1.165, 1.54) is 95.3 Å². The Morgan fingerprint density at radius 2 is 1.12 bits per heavy atom. The number of allylic oxidation sites excluding steroid dienone is 6. The Balaban J connectivity index is 0.854. The van der Waals surface area contributed by atoms with Crippen molar-refractivity contribution in [2.75, 3.05) is 4.90 Å². The van der Waals surface area contributed by atoms with Crippen LogP contribution in [0, 0.1) is 0 Å². The summed E-state index contributed by atoms with van der Waals surface area (Å²) in [5.41, 5.74) is 21.2. The minimum Gasteiger partial charge on any atom is -0.334 e. The van der Waals surface area contributed by atoms with Crippen molar-refractivity contribution in [1.82, 2.24) is 0 Å². The molecule has 64 heavy (non-hydrogen) atoms. The molecule has 1 spiro atoms. The molecule has 0 aliphatic heterocycles. The van der Waals surface area contributed by atoms with Crippen molar-refractivity contribution >= 4 is 34.3 Å². The quantitative estimate of drug-likeness (QED) is 0.138. The summed E-state index contributed by atoms with van der Waals surface area (Å²) < 4.78 is 0. The Kier molecular flexibility index (Phi) is 9.56. The summed E-state index contributed by atoms with van der Waals surface area (Å²) >= 11 is 0. The first kappa shape index (κ1) is 38.2. The highest BCUT2D eigenvalue weighted by Gasteiger charge is 2.48. The molecular weight excluding hydrogens is 771 g/mol. The zero-order valence-electron chi connectivity index (χ0n) is 36.0. The second-order valence-corrected chi connectivity index (χ2v) is 18.0. The highest BCUT2D eigenvalue weighted by molar-refractivity contribution is 5.98. The highest BCUT2D eigenvalue weighted by Crippen LogP contribution is 2.60. The second-order valence-electron chi connectivity index (χ2n) is 18.0. The first-order chi connectivity index (χ1) is 31.7. The summed E-state index contributed by atoms with van der Waals surface area (Å²) in [7, 11) is 0. The normalized spacial score (nSPS) is 18.2. The molecule has 0 aromatic heterocycles. The van der Waals surface area contributed by atoms with Gasteiger partial charge in [-0.1, -0.05) is 194 Å². The fraction of sp³-hybridized carbons (Fsp3) is 0.111. The molecule has 8 aromatic carbocycles. The molecular formula is C63H49N. The van der Waals surface area contributed by atoms with Crippen LogP contribution in [-0.2, 0) is 5.41 Å². The third kappa shape index (κ3) is 6.80. The molecule has 1 nitrogen and oxygen atoms in total. The molecule has 0 N–H and O–H groups in total. The number of para-hydroxylation sites is 1. The van der Waals surface area contributed by atoms with Gasteiger partial charge >= 0.3 is 0 Å². The first-order valence-electron chi connectivity index (χ1n) is 23.0. The zero-order valence-corrected chi connectivity index (χ0v) is 36.0. The fourth-order valence-corrected chi connectivity index (χ4v) is 11.1. The molecule has 1 heteroatoms. The van der Waals surface area contributed by atoms with Crippen LogP contribution in [0.5, 0.6) is 0 Å². The van der Waals surface area contributed by atoms with E-state index in [0.29, 0.717) is 0 Å². The van der Waals surface area contributed by atoms with E-state index in [9.17, 15) is 0 Å². The molecule has 4 aliphatic carbocycles. The smallest absolute Gasteiger partial charge is 0.0559 e. The van der Waals surface area contributed by atoms with Crippen LogP contribution in [-0.4, -0.2) is 6.04 Å². The van der Waals surface area contributed by atoms with Crippen molar-refractivity contribution in [1.29, 1.82) is 0 Å². The number of hydrogen-bond acceptors (Lipinski definition) is 1. The van der Waals surface area contributed by atoms with E-state index < -0.39 is 0 Å². The lowest BCUT2D eigenvalue weighted by atomic mass is 9.74. The monoisotopic (exact) mass is 819 g/mol. The van der Waals surface area contributed by atoms with Crippen LogP contribution < -0.4 is 4.90 Å². The summed E-state index contributed by atoms with van der Waals surface area (Å²) in [4.78, 5) is 2.54. The fourth-order valence-electron chi connectivity index (χ4n) is 11.1. The number of fused-ring (bicyclic) bond motifs is 6. The van der Waals surface area contributed by atoms with Gasteiger partial charge in [0, 0.05) is 16.8 Å². The van der Waals surface area contributed by atoms with Crippen molar-refractivity contribution in [3.05, 3.63) is 252 Å². The van der Waals surface area contributed by atoms with Gasteiger partial charge in [-0.05, 0) is 158 Å². The molecule has 0 amide bonds. The van der Waals surface area contributed by atoms with E-state index in [1.54, 1.807) is 11.1 Å². The van der Waals surface area contributed by atoms with Crippen LogP contribution in [0.25, 0.3) is 67.4 Å². The van der Waals surface area contributed by atoms with Crippen molar-refractivity contribution in [2.24, 2.45) is 0 Å². The number of anilines is 2. The highest BCUT2D eigenvalue weighted by atomic mass is 15.2. The maximum Gasteiger partial charge on any atom is 0.0559 e. The lowest BCUT2D eigenvalue weighted by Gasteiger charge is -2.34. The molecule has 0 saturated carbocycles. The number of rotatable bonds is 8. The molecule has 2 atom stereocenters. The molecule has 0 radical (unpaired) electrons. The van der Waals surface area contributed by atoms with Gasteiger partial charge in [0.1, 0.15) is 0 Å². The first-order valence-corrected chi connectivity index (χ1v) is 23.0. The summed E-state index contributed by atoms with van der Waals surface area (Å²) in [6, 6.07) is 67.9. The van der Waals surface area contributed by atoms with E-state index >= 15 is 0 Å². The number of hydrogen-bond donors (Lipinski definition) is 0. The van der Waals surface area contributed by atoms with Crippen LogP contribution in [0.15, 0.2) is 230 Å². The summed E-state index contributed by atoms with van der Waals surface area (Å²) in [6.07, 6.45) is 23.9. The van der Waals surface area contributed by atoms with Gasteiger partial charge in [0.25, 0.3) is 0 Å². The van der Waals surface area contributed by atoms with Crippen LogP contribution in [0.1, 0.15) is 54.4 Å². The van der Waals surface area contributed by atoms with E-state index in [4.69, 9.17) is 0 Å². The van der Waals surface area contributed by atoms with Crippen LogP contribution in [0.2, 0.25) is 0 Å². The van der Waals surface area contributed by atoms with Gasteiger partial charge < -0.3 is 4.90 Å². The largest absolute Gasteiger partial charge is 0.334 e. The van der Waals surface area contributed by atoms with Gasteiger partial charge in [0.2, 0.25) is 0 Å². The van der Waals surface area contributed by atoms with Gasteiger partial charge in [-0.2, -0.15) is 0 Å². The Morgan fingerprint density at radius 3 is 1.84 bits per heavy atom. The molecule has 2 unspecified atom stereocenters. The Hall–Kier alpha value is -7.48. The Bertz CT molecular complexity index is 3220. The third-order valence-electron chi connectivity index (χ3n) is 14.2. The predicted molar refractivity (Wildman–Crippen MR) is 272 cm³/mol. The molecule has 8 aromatic rings.